The van der Waals surface area contributed by atoms with Gasteiger partial charge in [-0.3, -0.25) is 0 Å². The molecule has 2 heterocycles. The zero-order chi connectivity index (χ0) is 33.0. The van der Waals surface area contributed by atoms with Crippen molar-refractivity contribution in [1.82, 2.24) is 9.13 Å². The van der Waals surface area contributed by atoms with Gasteiger partial charge in [0.05, 0.1) is 22.1 Å². The Hall–Kier alpha value is -6.64. The molecule has 0 amide bonds. The molecule has 2 aromatic heterocycles. The minimum Gasteiger partial charge on any atom is -0.309 e. The van der Waals surface area contributed by atoms with Crippen molar-refractivity contribution in [3.05, 3.63) is 194 Å². The highest BCUT2D eigenvalue weighted by atomic mass is 15.0. The Balaban J connectivity index is 1.15. The molecule has 0 spiro atoms. The second-order valence-electron chi connectivity index (χ2n) is 13.0. The average Bonchev–Trinajstić information content (AvgIpc) is 3.71. The van der Waals surface area contributed by atoms with Crippen LogP contribution in [-0.4, -0.2) is 9.13 Å². The van der Waals surface area contributed by atoms with Gasteiger partial charge in [0, 0.05) is 32.9 Å². The molecule has 10 aromatic rings. The molecular formula is C48H32N2. The van der Waals surface area contributed by atoms with Crippen LogP contribution in [0.3, 0.4) is 0 Å². The van der Waals surface area contributed by atoms with E-state index in [-0.39, 0.29) is 0 Å². The van der Waals surface area contributed by atoms with Crippen molar-refractivity contribution in [2.75, 3.05) is 0 Å². The van der Waals surface area contributed by atoms with E-state index in [9.17, 15) is 0 Å². The summed E-state index contributed by atoms with van der Waals surface area (Å²) >= 11 is 0. The van der Waals surface area contributed by atoms with Gasteiger partial charge < -0.3 is 9.13 Å². The van der Waals surface area contributed by atoms with Gasteiger partial charge in [0.25, 0.3) is 0 Å². The van der Waals surface area contributed by atoms with Crippen molar-refractivity contribution in [3.63, 3.8) is 0 Å². The van der Waals surface area contributed by atoms with Crippen LogP contribution in [0.2, 0.25) is 0 Å². The number of para-hydroxylation sites is 3. The fourth-order valence-corrected chi connectivity index (χ4v) is 7.86. The van der Waals surface area contributed by atoms with E-state index in [0.717, 1.165) is 5.69 Å². The zero-order valence-electron chi connectivity index (χ0n) is 27.4. The molecule has 0 bridgehead atoms. The van der Waals surface area contributed by atoms with Gasteiger partial charge >= 0.3 is 0 Å². The van der Waals surface area contributed by atoms with Gasteiger partial charge in [0.15, 0.2) is 0 Å². The summed E-state index contributed by atoms with van der Waals surface area (Å²) in [4.78, 5) is 0. The van der Waals surface area contributed by atoms with Gasteiger partial charge in [0.2, 0.25) is 0 Å². The van der Waals surface area contributed by atoms with Crippen molar-refractivity contribution >= 4 is 43.6 Å². The van der Waals surface area contributed by atoms with E-state index < -0.39 is 0 Å². The molecule has 0 saturated heterocycles. The van der Waals surface area contributed by atoms with Crippen molar-refractivity contribution in [3.8, 4) is 44.8 Å². The van der Waals surface area contributed by atoms with E-state index in [2.05, 4.69) is 203 Å². The second kappa shape index (κ2) is 11.5. The monoisotopic (exact) mass is 636 g/mol. The summed E-state index contributed by atoms with van der Waals surface area (Å²) in [6.45, 7) is 0. The highest BCUT2D eigenvalue weighted by Crippen LogP contribution is 2.40. The fourth-order valence-electron chi connectivity index (χ4n) is 7.86. The minimum atomic E-state index is 1.16. The van der Waals surface area contributed by atoms with Crippen LogP contribution in [0.15, 0.2) is 194 Å². The first-order valence-electron chi connectivity index (χ1n) is 17.2. The third-order valence-electron chi connectivity index (χ3n) is 10.1. The van der Waals surface area contributed by atoms with E-state index in [1.165, 1.54) is 82.7 Å². The number of aromatic nitrogens is 2. The first-order valence-corrected chi connectivity index (χ1v) is 17.2. The van der Waals surface area contributed by atoms with E-state index in [1.54, 1.807) is 0 Å². The highest BCUT2D eigenvalue weighted by molar-refractivity contribution is 6.16. The molecular weight excluding hydrogens is 605 g/mol. The molecule has 10 rings (SSSR count). The predicted molar refractivity (Wildman–Crippen MR) is 211 cm³/mol. The number of rotatable bonds is 5. The Morgan fingerprint density at radius 2 is 0.780 bits per heavy atom. The molecule has 0 radical (unpaired) electrons. The smallest absolute Gasteiger partial charge is 0.0547 e. The third kappa shape index (κ3) is 4.50. The standard InChI is InChI=1S/C48H32N2/c1-3-14-33(15-4-1)35-17-12-21-39(31-35)50-44-25-9-7-22-41(44)42-29-28-36(32-47(42)50)34-16-11-18-37(30-34)40-24-13-27-46-48(40)43-23-8-10-26-45(43)49(46)38-19-5-2-6-20-38/h1-32H. The van der Waals surface area contributed by atoms with Crippen molar-refractivity contribution < 1.29 is 0 Å². The molecule has 0 atom stereocenters. The molecule has 0 N–H and O–H groups in total. The van der Waals surface area contributed by atoms with Gasteiger partial charge in [-0.1, -0.05) is 140 Å². The number of nitrogens with zero attached hydrogens (tertiary/aromatic N) is 2. The van der Waals surface area contributed by atoms with Gasteiger partial charge in [-0.2, -0.15) is 0 Å². The second-order valence-corrected chi connectivity index (χ2v) is 13.0. The SMILES string of the molecule is c1ccc(-c2cccc(-n3c4ccccc4c4ccc(-c5cccc(-c6cccc7c6c6ccccc6n7-c6ccccc6)c5)cc43)c2)cc1. The number of fused-ring (bicyclic) bond motifs is 6. The summed E-state index contributed by atoms with van der Waals surface area (Å²) in [6, 6.07) is 70.4. The summed E-state index contributed by atoms with van der Waals surface area (Å²) in [7, 11) is 0. The van der Waals surface area contributed by atoms with Crippen LogP contribution in [0.1, 0.15) is 0 Å². The number of benzene rings is 8. The maximum absolute atomic E-state index is 2.42. The Morgan fingerprint density at radius 1 is 0.260 bits per heavy atom. The predicted octanol–water partition coefficient (Wildman–Crippen LogP) is 12.9. The lowest BCUT2D eigenvalue weighted by Crippen LogP contribution is -1.94. The topological polar surface area (TPSA) is 9.86 Å². The van der Waals surface area contributed by atoms with Crippen LogP contribution in [0.25, 0.3) is 88.4 Å². The average molecular weight is 637 g/mol. The Bertz CT molecular complexity index is 2860. The minimum absolute atomic E-state index is 1.16. The van der Waals surface area contributed by atoms with Crippen molar-refractivity contribution in [2.24, 2.45) is 0 Å². The van der Waals surface area contributed by atoms with E-state index in [1.807, 2.05) is 0 Å². The van der Waals surface area contributed by atoms with Gasteiger partial charge in [0.1, 0.15) is 0 Å². The molecule has 2 heteroatoms. The zero-order valence-corrected chi connectivity index (χ0v) is 27.4. The molecule has 50 heavy (non-hydrogen) atoms. The van der Waals surface area contributed by atoms with Gasteiger partial charge in [-0.25, -0.2) is 0 Å². The third-order valence-corrected chi connectivity index (χ3v) is 10.1. The molecule has 0 aliphatic rings. The van der Waals surface area contributed by atoms with Crippen LogP contribution in [0.5, 0.6) is 0 Å². The lowest BCUT2D eigenvalue weighted by Gasteiger charge is -2.12. The summed E-state index contributed by atoms with van der Waals surface area (Å²) in [5, 5.41) is 5.05. The first-order chi connectivity index (χ1) is 24.8. The molecule has 0 saturated carbocycles. The lowest BCUT2D eigenvalue weighted by atomic mass is 9.95. The molecule has 0 unspecified atom stereocenters. The Kier molecular flexibility index (Phi) is 6.53. The summed E-state index contributed by atoms with van der Waals surface area (Å²) in [6.07, 6.45) is 0. The number of hydrogen-bond donors (Lipinski definition) is 0. The lowest BCUT2D eigenvalue weighted by molar-refractivity contribution is 1.18. The molecule has 0 fully saturated rings. The Labute approximate surface area is 290 Å². The molecule has 0 aliphatic carbocycles. The normalized spacial score (nSPS) is 11.6. The summed E-state index contributed by atoms with van der Waals surface area (Å²) in [5.74, 6) is 0. The summed E-state index contributed by atoms with van der Waals surface area (Å²) in [5.41, 5.74) is 14.4. The van der Waals surface area contributed by atoms with Crippen LogP contribution < -0.4 is 0 Å². The molecule has 234 valence electrons. The van der Waals surface area contributed by atoms with E-state index >= 15 is 0 Å². The fraction of sp³-hybridized carbons (Fsp3) is 0. The van der Waals surface area contributed by atoms with Gasteiger partial charge in [-0.15, -0.1) is 0 Å². The number of hydrogen-bond acceptors (Lipinski definition) is 0. The van der Waals surface area contributed by atoms with Crippen molar-refractivity contribution in [1.29, 1.82) is 0 Å². The van der Waals surface area contributed by atoms with Crippen LogP contribution >= 0.6 is 0 Å². The van der Waals surface area contributed by atoms with Crippen LogP contribution in [0, 0.1) is 0 Å². The highest BCUT2D eigenvalue weighted by Gasteiger charge is 2.17. The largest absolute Gasteiger partial charge is 0.309 e. The van der Waals surface area contributed by atoms with E-state index in [0.29, 0.717) is 0 Å². The van der Waals surface area contributed by atoms with Crippen molar-refractivity contribution in [2.45, 2.75) is 0 Å². The van der Waals surface area contributed by atoms with Gasteiger partial charge in [-0.05, 0) is 88.0 Å². The summed E-state index contributed by atoms with van der Waals surface area (Å²) < 4.78 is 4.81. The van der Waals surface area contributed by atoms with E-state index in [4.69, 9.17) is 0 Å². The van der Waals surface area contributed by atoms with Crippen LogP contribution in [-0.2, 0) is 0 Å². The maximum atomic E-state index is 2.42. The quantitative estimate of drug-likeness (QED) is 0.178. The molecule has 2 nitrogen and oxygen atoms in total. The maximum Gasteiger partial charge on any atom is 0.0547 e. The first kappa shape index (κ1) is 28.4. The van der Waals surface area contributed by atoms with Crippen LogP contribution in [0.4, 0.5) is 0 Å². The molecule has 8 aromatic carbocycles. The molecule has 0 aliphatic heterocycles. The Morgan fingerprint density at radius 3 is 1.60 bits per heavy atom.